The van der Waals surface area contributed by atoms with Crippen molar-refractivity contribution >= 4 is 15.9 Å². The van der Waals surface area contributed by atoms with Crippen LogP contribution in [0.25, 0.3) is 0 Å². The molecule has 1 aromatic carbocycles. The number of hydrogen-bond acceptors (Lipinski definition) is 3. The van der Waals surface area contributed by atoms with Gasteiger partial charge >= 0.3 is 0 Å². The van der Waals surface area contributed by atoms with Gasteiger partial charge in [-0.05, 0) is 49.4 Å². The normalized spacial score (nSPS) is 14.7. The predicted octanol–water partition coefficient (Wildman–Crippen LogP) is 2.14. The van der Waals surface area contributed by atoms with Crippen LogP contribution in [0.1, 0.15) is 32.6 Å². The van der Waals surface area contributed by atoms with Gasteiger partial charge in [0.25, 0.3) is 0 Å². The number of nitrogens with one attached hydrogen (secondary N) is 1. The van der Waals surface area contributed by atoms with Crippen molar-refractivity contribution in [2.24, 2.45) is 5.92 Å². The molecule has 0 radical (unpaired) electrons. The van der Waals surface area contributed by atoms with E-state index in [1.807, 2.05) is 11.8 Å². The monoisotopic (exact) mass is 342 g/mol. The van der Waals surface area contributed by atoms with Gasteiger partial charge in [0.15, 0.2) is 0 Å². The number of rotatable bonds is 9. The maximum absolute atomic E-state index is 12.8. The zero-order valence-corrected chi connectivity index (χ0v) is 14.1. The molecule has 1 amide bonds. The Morgan fingerprint density at radius 2 is 1.96 bits per heavy atom. The van der Waals surface area contributed by atoms with Crippen LogP contribution in [0.4, 0.5) is 4.39 Å². The lowest BCUT2D eigenvalue weighted by Crippen LogP contribution is -2.36. The molecule has 0 atom stereocenters. The molecule has 1 saturated carbocycles. The molecule has 0 bridgehead atoms. The highest BCUT2D eigenvalue weighted by Gasteiger charge is 2.26. The highest BCUT2D eigenvalue weighted by atomic mass is 32.2. The van der Waals surface area contributed by atoms with Gasteiger partial charge in [-0.15, -0.1) is 0 Å². The number of nitrogens with zero attached hydrogens (tertiary/aromatic N) is 1. The number of amides is 1. The van der Waals surface area contributed by atoms with E-state index in [4.69, 9.17) is 0 Å². The van der Waals surface area contributed by atoms with E-state index >= 15 is 0 Å². The zero-order valence-electron chi connectivity index (χ0n) is 13.3. The molecule has 0 saturated heterocycles. The van der Waals surface area contributed by atoms with Gasteiger partial charge in [0.1, 0.15) is 5.82 Å². The lowest BCUT2D eigenvalue weighted by atomic mass is 10.3. The minimum atomic E-state index is -3.71. The molecular weight excluding hydrogens is 319 g/mol. The van der Waals surface area contributed by atoms with Crippen molar-refractivity contribution in [1.29, 1.82) is 0 Å². The summed E-state index contributed by atoms with van der Waals surface area (Å²) in [5.41, 5.74) is 0. The van der Waals surface area contributed by atoms with Gasteiger partial charge in [-0.3, -0.25) is 4.79 Å². The Kier molecular flexibility index (Phi) is 6.12. The molecule has 1 aliphatic carbocycles. The molecule has 1 fully saturated rings. The van der Waals surface area contributed by atoms with E-state index in [-0.39, 0.29) is 23.8 Å². The Balaban J connectivity index is 1.84. The Morgan fingerprint density at radius 3 is 2.52 bits per heavy atom. The lowest BCUT2D eigenvalue weighted by Gasteiger charge is -2.22. The Bertz CT molecular complexity index is 627. The number of carbonyl (C=O) groups excluding carboxylic acids is 1. The summed E-state index contributed by atoms with van der Waals surface area (Å²) in [7, 11) is -3.71. The quantitative estimate of drug-likeness (QED) is 0.748. The van der Waals surface area contributed by atoms with Crippen molar-refractivity contribution in [3.63, 3.8) is 0 Å². The van der Waals surface area contributed by atoms with Gasteiger partial charge in [-0.1, -0.05) is 6.92 Å². The van der Waals surface area contributed by atoms with E-state index in [0.29, 0.717) is 12.5 Å². The Morgan fingerprint density at radius 1 is 1.30 bits per heavy atom. The summed E-state index contributed by atoms with van der Waals surface area (Å²) in [6.07, 6.45) is 3.36. The fraction of sp³-hybridized carbons (Fsp3) is 0.562. The third-order valence-corrected chi connectivity index (χ3v) is 5.25. The van der Waals surface area contributed by atoms with E-state index < -0.39 is 15.8 Å². The van der Waals surface area contributed by atoms with Crippen molar-refractivity contribution in [2.75, 3.05) is 19.6 Å². The highest BCUT2D eigenvalue weighted by Crippen LogP contribution is 2.29. The molecule has 128 valence electrons. The first-order chi connectivity index (χ1) is 10.9. The number of benzene rings is 1. The van der Waals surface area contributed by atoms with Crippen LogP contribution in [0.15, 0.2) is 29.2 Å². The van der Waals surface area contributed by atoms with Crippen molar-refractivity contribution in [3.05, 3.63) is 30.1 Å². The molecule has 23 heavy (non-hydrogen) atoms. The van der Waals surface area contributed by atoms with Gasteiger partial charge < -0.3 is 4.90 Å². The minimum absolute atomic E-state index is 0.00487. The van der Waals surface area contributed by atoms with E-state index in [9.17, 15) is 17.6 Å². The van der Waals surface area contributed by atoms with Crippen LogP contribution >= 0.6 is 0 Å². The molecule has 1 aromatic rings. The van der Waals surface area contributed by atoms with Crippen LogP contribution in [-0.2, 0) is 14.8 Å². The van der Waals surface area contributed by atoms with Crippen LogP contribution in [0.3, 0.4) is 0 Å². The molecule has 5 nitrogen and oxygen atoms in total. The van der Waals surface area contributed by atoms with Crippen LogP contribution in [0, 0.1) is 11.7 Å². The number of sulfonamides is 1. The summed E-state index contributed by atoms with van der Waals surface area (Å²) in [4.78, 5) is 14.0. The topological polar surface area (TPSA) is 66.5 Å². The summed E-state index contributed by atoms with van der Waals surface area (Å²) in [5, 5.41) is 0. The summed E-state index contributed by atoms with van der Waals surface area (Å²) in [6, 6.07) is 4.60. The van der Waals surface area contributed by atoms with Gasteiger partial charge in [0, 0.05) is 26.1 Å². The fourth-order valence-electron chi connectivity index (χ4n) is 2.35. The van der Waals surface area contributed by atoms with Gasteiger partial charge in [0.2, 0.25) is 15.9 Å². The Hall–Kier alpha value is -1.47. The molecule has 0 unspecified atom stereocenters. The SMILES string of the molecule is CCCN(CC1CC1)C(=O)CCNS(=O)(=O)c1ccc(F)cc1. The summed E-state index contributed by atoms with van der Waals surface area (Å²) in [6.45, 7) is 3.55. The van der Waals surface area contributed by atoms with E-state index in [0.717, 1.165) is 25.1 Å². The summed E-state index contributed by atoms with van der Waals surface area (Å²) >= 11 is 0. The number of carbonyl (C=O) groups is 1. The van der Waals surface area contributed by atoms with Crippen molar-refractivity contribution in [2.45, 2.75) is 37.5 Å². The molecule has 1 aliphatic rings. The molecule has 0 spiro atoms. The number of halogens is 1. The van der Waals surface area contributed by atoms with E-state index in [1.165, 1.54) is 25.0 Å². The second-order valence-corrected chi connectivity index (χ2v) is 7.65. The molecule has 0 aromatic heterocycles. The van der Waals surface area contributed by atoms with E-state index in [1.54, 1.807) is 0 Å². The first-order valence-electron chi connectivity index (χ1n) is 7.95. The maximum Gasteiger partial charge on any atom is 0.240 e. The van der Waals surface area contributed by atoms with Crippen molar-refractivity contribution < 1.29 is 17.6 Å². The standard InChI is InChI=1S/C16H23FN2O3S/c1-2-11-19(12-13-3-4-13)16(20)9-10-18-23(21,22)15-7-5-14(17)6-8-15/h5-8,13,18H,2-4,9-12H2,1H3. The van der Waals surface area contributed by atoms with Gasteiger partial charge in [0.05, 0.1) is 4.90 Å². The minimum Gasteiger partial charge on any atom is -0.342 e. The van der Waals surface area contributed by atoms with E-state index in [2.05, 4.69) is 4.72 Å². The van der Waals surface area contributed by atoms with Gasteiger partial charge in [-0.2, -0.15) is 0 Å². The fourth-order valence-corrected chi connectivity index (χ4v) is 3.38. The molecule has 0 aliphatic heterocycles. The zero-order chi connectivity index (χ0) is 16.9. The number of hydrogen-bond donors (Lipinski definition) is 1. The van der Waals surface area contributed by atoms with Crippen LogP contribution in [0.5, 0.6) is 0 Å². The predicted molar refractivity (Wildman–Crippen MR) is 85.8 cm³/mol. The van der Waals surface area contributed by atoms with Crippen LogP contribution < -0.4 is 4.72 Å². The molecule has 0 heterocycles. The summed E-state index contributed by atoms with van der Waals surface area (Å²) in [5.74, 6) is 0.0939. The second kappa shape index (κ2) is 7.88. The maximum atomic E-state index is 12.8. The first kappa shape index (κ1) is 17.9. The third kappa shape index (κ3) is 5.58. The third-order valence-electron chi connectivity index (χ3n) is 3.78. The second-order valence-electron chi connectivity index (χ2n) is 5.88. The highest BCUT2D eigenvalue weighted by molar-refractivity contribution is 7.89. The molecular formula is C16H23FN2O3S. The molecule has 2 rings (SSSR count). The van der Waals surface area contributed by atoms with Crippen LogP contribution in [-0.4, -0.2) is 38.9 Å². The largest absolute Gasteiger partial charge is 0.342 e. The van der Waals surface area contributed by atoms with Crippen molar-refractivity contribution in [3.8, 4) is 0 Å². The van der Waals surface area contributed by atoms with Crippen molar-refractivity contribution in [1.82, 2.24) is 9.62 Å². The smallest absolute Gasteiger partial charge is 0.240 e. The van der Waals surface area contributed by atoms with Gasteiger partial charge in [-0.25, -0.2) is 17.5 Å². The van der Waals surface area contributed by atoms with Crippen LogP contribution in [0.2, 0.25) is 0 Å². The molecule has 7 heteroatoms. The Labute approximate surface area is 136 Å². The molecule has 1 N–H and O–H groups in total. The first-order valence-corrected chi connectivity index (χ1v) is 9.43. The lowest BCUT2D eigenvalue weighted by molar-refractivity contribution is -0.131. The average Bonchev–Trinajstić information content (AvgIpc) is 3.31. The average molecular weight is 342 g/mol. The summed E-state index contributed by atoms with van der Waals surface area (Å²) < 4.78 is 39.3.